The Hall–Kier alpha value is -1.86. The zero-order valence-corrected chi connectivity index (χ0v) is 19.5. The molecule has 2 fully saturated rings. The molecule has 2 aliphatic heterocycles. The van der Waals surface area contributed by atoms with Crippen LogP contribution in [0.3, 0.4) is 0 Å². The van der Waals surface area contributed by atoms with Gasteiger partial charge < -0.3 is 24.6 Å². The van der Waals surface area contributed by atoms with Crippen LogP contribution in [0.1, 0.15) is 57.4 Å². The molecular formula is C24H41N5O2. The summed E-state index contributed by atoms with van der Waals surface area (Å²) in [5.74, 6) is 2.11. The van der Waals surface area contributed by atoms with E-state index in [-0.39, 0.29) is 0 Å². The first kappa shape index (κ1) is 23.8. The van der Waals surface area contributed by atoms with Crippen LogP contribution in [-0.4, -0.2) is 75.0 Å². The molecule has 0 amide bonds. The molecule has 0 radical (unpaired) electrons. The van der Waals surface area contributed by atoms with Crippen molar-refractivity contribution in [1.82, 2.24) is 15.2 Å². The minimum absolute atomic E-state index is 0.354. The van der Waals surface area contributed by atoms with Crippen LogP contribution in [0.2, 0.25) is 0 Å². The molecule has 0 bridgehead atoms. The number of piperidine rings is 1. The number of nitrogens with zero attached hydrogens (tertiary/aromatic N) is 4. The number of likely N-dealkylation sites (tertiary alicyclic amines) is 1. The summed E-state index contributed by atoms with van der Waals surface area (Å²) in [6.07, 6.45) is 10.5. The van der Waals surface area contributed by atoms with E-state index < -0.39 is 0 Å². The van der Waals surface area contributed by atoms with Gasteiger partial charge in [-0.05, 0) is 56.7 Å². The largest absolute Gasteiger partial charge is 0.385 e. The number of aliphatic imine (C=N–C) groups is 1. The second-order valence-corrected chi connectivity index (χ2v) is 8.50. The third-order valence-corrected chi connectivity index (χ3v) is 6.07. The minimum atomic E-state index is 0.354. The summed E-state index contributed by atoms with van der Waals surface area (Å²) in [6.45, 7) is 9.44. The van der Waals surface area contributed by atoms with Crippen LogP contribution in [0.4, 0.5) is 5.82 Å². The molecule has 3 heterocycles. The standard InChI is InChI=1S/C24H41N5O2/c1-3-25-24(29-15-10-22(11-16-29)31-18-8-17-30-2)27-20-21-9-12-26-23(19-21)28-13-6-4-5-7-14-28/h9,12,19,22H,3-8,10-11,13-18,20H2,1-2H3,(H,25,27). The van der Waals surface area contributed by atoms with E-state index in [1.165, 1.54) is 31.2 Å². The van der Waals surface area contributed by atoms with Crippen molar-refractivity contribution in [1.29, 1.82) is 0 Å². The van der Waals surface area contributed by atoms with E-state index in [1.807, 2.05) is 6.20 Å². The van der Waals surface area contributed by atoms with Crippen molar-refractivity contribution in [2.24, 2.45) is 4.99 Å². The van der Waals surface area contributed by atoms with Crippen molar-refractivity contribution in [3.8, 4) is 0 Å². The van der Waals surface area contributed by atoms with Crippen molar-refractivity contribution in [2.75, 3.05) is 57.9 Å². The number of hydrogen-bond acceptors (Lipinski definition) is 5. The number of anilines is 1. The summed E-state index contributed by atoms with van der Waals surface area (Å²) in [5.41, 5.74) is 1.22. The van der Waals surface area contributed by atoms with E-state index in [9.17, 15) is 0 Å². The molecule has 7 nitrogen and oxygen atoms in total. The number of nitrogens with one attached hydrogen (secondary N) is 1. The van der Waals surface area contributed by atoms with Gasteiger partial charge in [0.2, 0.25) is 0 Å². The van der Waals surface area contributed by atoms with Crippen LogP contribution >= 0.6 is 0 Å². The van der Waals surface area contributed by atoms with Crippen LogP contribution in [-0.2, 0) is 16.0 Å². The highest BCUT2D eigenvalue weighted by atomic mass is 16.5. The maximum Gasteiger partial charge on any atom is 0.194 e. The summed E-state index contributed by atoms with van der Waals surface area (Å²) >= 11 is 0. The van der Waals surface area contributed by atoms with Crippen LogP contribution in [0.15, 0.2) is 23.3 Å². The summed E-state index contributed by atoms with van der Waals surface area (Å²) in [4.78, 5) is 14.4. The minimum Gasteiger partial charge on any atom is -0.385 e. The zero-order valence-electron chi connectivity index (χ0n) is 19.5. The molecule has 0 spiro atoms. The third-order valence-electron chi connectivity index (χ3n) is 6.07. The molecule has 2 aliphatic rings. The molecule has 0 aliphatic carbocycles. The van der Waals surface area contributed by atoms with Gasteiger partial charge in [0.15, 0.2) is 5.96 Å². The Bertz CT molecular complexity index is 653. The first-order chi connectivity index (χ1) is 15.3. The van der Waals surface area contributed by atoms with Gasteiger partial charge in [-0.25, -0.2) is 9.98 Å². The van der Waals surface area contributed by atoms with Crippen molar-refractivity contribution in [3.05, 3.63) is 23.9 Å². The van der Waals surface area contributed by atoms with Gasteiger partial charge in [0.25, 0.3) is 0 Å². The predicted molar refractivity (Wildman–Crippen MR) is 127 cm³/mol. The highest BCUT2D eigenvalue weighted by Crippen LogP contribution is 2.19. The lowest BCUT2D eigenvalue weighted by molar-refractivity contribution is 0.00990. The fraction of sp³-hybridized carbons (Fsp3) is 0.750. The number of aromatic nitrogens is 1. The number of rotatable bonds is 9. The van der Waals surface area contributed by atoms with Gasteiger partial charge in [-0.1, -0.05) is 12.8 Å². The smallest absolute Gasteiger partial charge is 0.194 e. The number of methoxy groups -OCH3 is 1. The molecular weight excluding hydrogens is 390 g/mol. The normalized spacial score (nSPS) is 18.8. The van der Waals surface area contributed by atoms with E-state index in [0.717, 1.165) is 77.0 Å². The van der Waals surface area contributed by atoms with E-state index in [2.05, 4.69) is 39.2 Å². The van der Waals surface area contributed by atoms with Crippen molar-refractivity contribution < 1.29 is 9.47 Å². The number of guanidine groups is 1. The van der Waals surface area contributed by atoms with E-state index in [1.54, 1.807) is 7.11 Å². The van der Waals surface area contributed by atoms with E-state index in [0.29, 0.717) is 12.6 Å². The Balaban J connectivity index is 1.53. The molecule has 1 aromatic heterocycles. The summed E-state index contributed by atoms with van der Waals surface area (Å²) in [6, 6.07) is 4.31. The van der Waals surface area contributed by atoms with Gasteiger partial charge in [-0.3, -0.25) is 0 Å². The topological polar surface area (TPSA) is 62.2 Å². The Morgan fingerprint density at radius 1 is 1.13 bits per heavy atom. The lowest BCUT2D eigenvalue weighted by atomic mass is 10.1. The average Bonchev–Trinajstić information content (AvgIpc) is 3.10. The third kappa shape index (κ3) is 7.96. The zero-order chi connectivity index (χ0) is 21.7. The fourth-order valence-electron chi connectivity index (χ4n) is 4.31. The van der Waals surface area contributed by atoms with Gasteiger partial charge in [-0.15, -0.1) is 0 Å². The van der Waals surface area contributed by atoms with Gasteiger partial charge in [0, 0.05) is 59.2 Å². The van der Waals surface area contributed by atoms with E-state index >= 15 is 0 Å². The quantitative estimate of drug-likeness (QED) is 0.367. The molecule has 7 heteroatoms. The average molecular weight is 432 g/mol. The maximum atomic E-state index is 6.00. The summed E-state index contributed by atoms with van der Waals surface area (Å²) in [5, 5.41) is 3.48. The first-order valence-electron chi connectivity index (χ1n) is 12.1. The lowest BCUT2D eigenvalue weighted by Crippen LogP contribution is -2.47. The molecule has 1 aromatic rings. The van der Waals surface area contributed by atoms with Crippen LogP contribution in [0, 0.1) is 0 Å². The molecule has 1 N–H and O–H groups in total. The highest BCUT2D eigenvalue weighted by Gasteiger charge is 2.22. The molecule has 0 aromatic carbocycles. The molecule has 3 rings (SSSR count). The SMILES string of the molecule is CCNC(=NCc1ccnc(N2CCCCCC2)c1)N1CCC(OCCCOC)CC1. The Morgan fingerprint density at radius 3 is 2.61 bits per heavy atom. The molecule has 0 saturated carbocycles. The molecule has 0 atom stereocenters. The Morgan fingerprint density at radius 2 is 1.90 bits per heavy atom. The summed E-state index contributed by atoms with van der Waals surface area (Å²) < 4.78 is 11.1. The Kier molecular flexibility index (Phi) is 10.4. The van der Waals surface area contributed by atoms with Crippen LogP contribution < -0.4 is 10.2 Å². The molecule has 2 saturated heterocycles. The van der Waals surface area contributed by atoms with Gasteiger partial charge in [0.1, 0.15) is 5.82 Å². The fourth-order valence-corrected chi connectivity index (χ4v) is 4.31. The predicted octanol–water partition coefficient (Wildman–Crippen LogP) is 3.45. The Labute approximate surface area is 188 Å². The molecule has 174 valence electrons. The van der Waals surface area contributed by atoms with Crippen molar-refractivity contribution in [3.63, 3.8) is 0 Å². The number of ether oxygens (including phenoxy) is 2. The second-order valence-electron chi connectivity index (χ2n) is 8.50. The number of pyridine rings is 1. The second kappa shape index (κ2) is 13.5. The lowest BCUT2D eigenvalue weighted by Gasteiger charge is -2.34. The van der Waals surface area contributed by atoms with Gasteiger partial charge >= 0.3 is 0 Å². The first-order valence-corrected chi connectivity index (χ1v) is 12.1. The van der Waals surface area contributed by atoms with Crippen molar-refractivity contribution >= 4 is 11.8 Å². The van der Waals surface area contributed by atoms with Gasteiger partial charge in [0.05, 0.1) is 12.6 Å². The summed E-state index contributed by atoms with van der Waals surface area (Å²) in [7, 11) is 1.74. The van der Waals surface area contributed by atoms with Crippen LogP contribution in [0.25, 0.3) is 0 Å². The maximum absolute atomic E-state index is 6.00. The molecule has 31 heavy (non-hydrogen) atoms. The van der Waals surface area contributed by atoms with Gasteiger partial charge in [-0.2, -0.15) is 0 Å². The van der Waals surface area contributed by atoms with Crippen LogP contribution in [0.5, 0.6) is 0 Å². The monoisotopic (exact) mass is 431 g/mol. The molecule has 0 unspecified atom stereocenters. The highest BCUT2D eigenvalue weighted by molar-refractivity contribution is 5.80. The van der Waals surface area contributed by atoms with E-state index in [4.69, 9.17) is 14.5 Å². The van der Waals surface area contributed by atoms with Crippen molar-refractivity contribution in [2.45, 2.75) is 64.5 Å². The number of hydrogen-bond donors (Lipinski definition) is 1.